The first-order valence-electron chi connectivity index (χ1n) is 6.32. The molecule has 0 fully saturated rings. The fraction of sp³-hybridized carbons (Fsp3) is 0.357. The lowest BCUT2D eigenvalue weighted by Gasteiger charge is -2.11. The zero-order chi connectivity index (χ0) is 14.7. The third-order valence-electron chi connectivity index (χ3n) is 3.09. The number of pyridine rings is 1. The van der Waals surface area contributed by atoms with Crippen LogP contribution in [0, 0.1) is 13.8 Å². The highest BCUT2D eigenvalue weighted by Gasteiger charge is 2.19. The van der Waals surface area contributed by atoms with E-state index in [4.69, 9.17) is 16.1 Å². The van der Waals surface area contributed by atoms with E-state index in [1.807, 2.05) is 20.8 Å². The quantitative estimate of drug-likeness (QED) is 0.937. The molecule has 0 aromatic carbocycles. The molecule has 0 bridgehead atoms. The number of hydrogen-bond donors (Lipinski definition) is 1. The Morgan fingerprint density at radius 3 is 2.85 bits per heavy atom. The Hall–Kier alpha value is -1.88. The molecule has 0 aliphatic carbocycles. The Labute approximate surface area is 122 Å². The molecule has 0 saturated carbocycles. The van der Waals surface area contributed by atoms with E-state index in [1.54, 1.807) is 18.3 Å². The SMILES string of the molecule is Cc1noc(C)c1C(C)CC(=O)Nc1ncccc1Cl. The van der Waals surface area contributed by atoms with Crippen molar-refractivity contribution in [2.24, 2.45) is 0 Å². The lowest BCUT2D eigenvalue weighted by molar-refractivity contribution is -0.116. The van der Waals surface area contributed by atoms with Crippen molar-refractivity contribution in [3.05, 3.63) is 40.4 Å². The highest BCUT2D eigenvalue weighted by Crippen LogP contribution is 2.26. The molecule has 0 aliphatic rings. The first-order valence-corrected chi connectivity index (χ1v) is 6.70. The molecule has 1 N–H and O–H groups in total. The van der Waals surface area contributed by atoms with Gasteiger partial charge < -0.3 is 9.84 Å². The summed E-state index contributed by atoms with van der Waals surface area (Å²) in [4.78, 5) is 16.1. The Balaban J connectivity index is 2.04. The minimum atomic E-state index is -0.141. The molecule has 2 aromatic heterocycles. The van der Waals surface area contributed by atoms with Gasteiger partial charge in [-0.2, -0.15) is 0 Å². The summed E-state index contributed by atoms with van der Waals surface area (Å²) in [5.41, 5.74) is 1.80. The van der Waals surface area contributed by atoms with Crippen LogP contribution >= 0.6 is 11.6 Å². The molecule has 0 radical (unpaired) electrons. The standard InChI is InChI=1S/C14H16ClN3O2/c1-8(13-9(2)18-20-10(13)3)7-12(19)17-14-11(15)5-4-6-16-14/h4-6,8H,7H2,1-3H3,(H,16,17,19). The van der Waals surface area contributed by atoms with E-state index in [2.05, 4.69) is 15.5 Å². The maximum absolute atomic E-state index is 12.0. The van der Waals surface area contributed by atoms with E-state index < -0.39 is 0 Å². The second kappa shape index (κ2) is 6.05. The number of aryl methyl sites for hydroxylation is 2. The second-order valence-corrected chi connectivity index (χ2v) is 5.13. The molecule has 1 amide bonds. The van der Waals surface area contributed by atoms with Crippen LogP contribution in [0.1, 0.15) is 36.3 Å². The van der Waals surface area contributed by atoms with E-state index in [9.17, 15) is 4.79 Å². The van der Waals surface area contributed by atoms with Crippen molar-refractivity contribution in [2.75, 3.05) is 5.32 Å². The van der Waals surface area contributed by atoms with E-state index in [0.717, 1.165) is 17.0 Å². The average Bonchev–Trinajstić information content (AvgIpc) is 2.72. The normalized spacial score (nSPS) is 12.2. The van der Waals surface area contributed by atoms with Crippen LogP contribution in [-0.2, 0) is 4.79 Å². The summed E-state index contributed by atoms with van der Waals surface area (Å²) in [5, 5.41) is 7.03. The zero-order valence-electron chi connectivity index (χ0n) is 11.6. The van der Waals surface area contributed by atoms with Gasteiger partial charge in [0.05, 0.1) is 10.7 Å². The predicted molar refractivity (Wildman–Crippen MR) is 76.9 cm³/mol. The molecule has 20 heavy (non-hydrogen) atoms. The lowest BCUT2D eigenvalue weighted by atomic mass is 9.96. The van der Waals surface area contributed by atoms with Crippen molar-refractivity contribution in [2.45, 2.75) is 33.1 Å². The monoisotopic (exact) mass is 293 g/mol. The van der Waals surface area contributed by atoms with E-state index >= 15 is 0 Å². The van der Waals surface area contributed by atoms with Crippen LogP contribution in [0.5, 0.6) is 0 Å². The third-order valence-corrected chi connectivity index (χ3v) is 3.39. The molecule has 0 spiro atoms. The van der Waals surface area contributed by atoms with Crippen molar-refractivity contribution in [3.8, 4) is 0 Å². The summed E-state index contributed by atoms with van der Waals surface area (Å²) in [5.74, 6) is 1.01. The van der Waals surface area contributed by atoms with Crippen LogP contribution in [0.2, 0.25) is 5.02 Å². The summed E-state index contributed by atoms with van der Waals surface area (Å²) in [6.45, 7) is 5.68. The molecule has 2 aromatic rings. The molecule has 2 heterocycles. The van der Waals surface area contributed by atoms with Crippen LogP contribution < -0.4 is 5.32 Å². The van der Waals surface area contributed by atoms with Crippen LogP contribution in [-0.4, -0.2) is 16.0 Å². The fourth-order valence-electron chi connectivity index (χ4n) is 2.23. The van der Waals surface area contributed by atoms with Gasteiger partial charge in [-0.1, -0.05) is 23.7 Å². The summed E-state index contributed by atoms with van der Waals surface area (Å²) in [7, 11) is 0. The minimum Gasteiger partial charge on any atom is -0.361 e. The largest absolute Gasteiger partial charge is 0.361 e. The summed E-state index contributed by atoms with van der Waals surface area (Å²) in [6.07, 6.45) is 1.90. The van der Waals surface area contributed by atoms with Gasteiger partial charge in [0, 0.05) is 18.2 Å². The zero-order valence-corrected chi connectivity index (χ0v) is 12.4. The van der Waals surface area contributed by atoms with Gasteiger partial charge in [-0.25, -0.2) is 4.98 Å². The Morgan fingerprint density at radius 1 is 1.50 bits per heavy atom. The number of anilines is 1. The van der Waals surface area contributed by atoms with Gasteiger partial charge in [0.15, 0.2) is 5.82 Å². The molecule has 5 nitrogen and oxygen atoms in total. The van der Waals surface area contributed by atoms with Gasteiger partial charge in [0.2, 0.25) is 5.91 Å². The van der Waals surface area contributed by atoms with Gasteiger partial charge in [0.25, 0.3) is 0 Å². The molecular formula is C14H16ClN3O2. The minimum absolute atomic E-state index is 0.0173. The lowest BCUT2D eigenvalue weighted by Crippen LogP contribution is -2.16. The molecule has 2 rings (SSSR count). The van der Waals surface area contributed by atoms with Gasteiger partial charge in [-0.05, 0) is 31.9 Å². The Kier molecular flexibility index (Phi) is 4.39. The van der Waals surface area contributed by atoms with Crippen molar-refractivity contribution in [3.63, 3.8) is 0 Å². The maximum atomic E-state index is 12.0. The number of nitrogens with zero attached hydrogens (tertiary/aromatic N) is 2. The number of carbonyl (C=O) groups is 1. The number of hydrogen-bond acceptors (Lipinski definition) is 4. The summed E-state index contributed by atoms with van der Waals surface area (Å²) in [6, 6.07) is 3.40. The fourth-order valence-corrected chi connectivity index (χ4v) is 2.40. The number of rotatable bonds is 4. The molecule has 0 saturated heterocycles. The topological polar surface area (TPSA) is 68.0 Å². The summed E-state index contributed by atoms with van der Waals surface area (Å²) >= 11 is 5.95. The molecule has 106 valence electrons. The molecular weight excluding hydrogens is 278 g/mol. The first-order chi connectivity index (χ1) is 9.49. The Morgan fingerprint density at radius 2 is 2.25 bits per heavy atom. The van der Waals surface area contributed by atoms with Crippen molar-refractivity contribution < 1.29 is 9.32 Å². The smallest absolute Gasteiger partial charge is 0.226 e. The number of carbonyl (C=O) groups excluding carboxylic acids is 1. The highest BCUT2D eigenvalue weighted by atomic mass is 35.5. The first kappa shape index (κ1) is 14.5. The average molecular weight is 294 g/mol. The molecule has 1 unspecified atom stereocenters. The molecule has 0 aliphatic heterocycles. The molecule has 1 atom stereocenters. The van der Waals surface area contributed by atoms with E-state index in [-0.39, 0.29) is 11.8 Å². The third kappa shape index (κ3) is 3.17. The van der Waals surface area contributed by atoms with E-state index in [1.165, 1.54) is 0 Å². The number of amides is 1. The second-order valence-electron chi connectivity index (χ2n) is 4.73. The number of halogens is 1. The Bertz CT molecular complexity index is 605. The number of nitrogens with one attached hydrogen (secondary N) is 1. The summed E-state index contributed by atoms with van der Waals surface area (Å²) < 4.78 is 5.12. The van der Waals surface area contributed by atoms with Crippen molar-refractivity contribution in [1.82, 2.24) is 10.1 Å². The van der Waals surface area contributed by atoms with Crippen LogP contribution in [0.3, 0.4) is 0 Å². The van der Waals surface area contributed by atoms with Crippen LogP contribution in [0.4, 0.5) is 5.82 Å². The van der Waals surface area contributed by atoms with Gasteiger partial charge >= 0.3 is 0 Å². The van der Waals surface area contributed by atoms with Crippen molar-refractivity contribution in [1.29, 1.82) is 0 Å². The van der Waals surface area contributed by atoms with E-state index in [0.29, 0.717) is 17.3 Å². The van der Waals surface area contributed by atoms with Gasteiger partial charge in [0.1, 0.15) is 5.76 Å². The van der Waals surface area contributed by atoms with Crippen LogP contribution in [0.15, 0.2) is 22.9 Å². The van der Waals surface area contributed by atoms with Crippen LogP contribution in [0.25, 0.3) is 0 Å². The maximum Gasteiger partial charge on any atom is 0.226 e. The van der Waals surface area contributed by atoms with Crippen molar-refractivity contribution >= 4 is 23.3 Å². The van der Waals surface area contributed by atoms with Gasteiger partial charge in [-0.3, -0.25) is 4.79 Å². The molecule has 6 heteroatoms. The highest BCUT2D eigenvalue weighted by molar-refractivity contribution is 6.33. The van der Waals surface area contributed by atoms with Gasteiger partial charge in [-0.15, -0.1) is 0 Å². The predicted octanol–water partition coefficient (Wildman–Crippen LogP) is 3.47. The number of aromatic nitrogens is 2.